The number of H-pyrrole nitrogens is 1. The lowest BCUT2D eigenvalue weighted by Crippen LogP contribution is -2.12. The molecule has 1 N–H and O–H groups in total. The van der Waals surface area contributed by atoms with Gasteiger partial charge in [0.05, 0.1) is 0 Å². The highest BCUT2D eigenvalue weighted by atomic mass is 35.5. The van der Waals surface area contributed by atoms with Crippen molar-refractivity contribution >= 4 is 40.4 Å². The normalized spacial score (nSPS) is 12.0. The Morgan fingerprint density at radius 3 is 2.88 bits per heavy atom. The topological polar surface area (TPSA) is 67.2 Å². The van der Waals surface area contributed by atoms with Crippen LogP contribution in [0.1, 0.15) is 9.67 Å². The average Bonchev–Trinajstić information content (AvgIpc) is 2.77. The van der Waals surface area contributed by atoms with E-state index in [1.54, 1.807) is 17.8 Å². The van der Waals surface area contributed by atoms with Crippen molar-refractivity contribution < 1.29 is 4.79 Å². The molecule has 0 radical (unpaired) electrons. The average molecular weight is 276 g/mol. The molecular weight excluding hydrogens is 270 g/mol. The number of carbonyl (C=O) groups excluding carboxylic acids is 1. The van der Waals surface area contributed by atoms with Crippen molar-refractivity contribution in [2.24, 2.45) is 12.0 Å². The smallest absolute Gasteiger partial charge is 0.292 e. The van der Waals surface area contributed by atoms with E-state index in [4.69, 9.17) is 11.6 Å². The number of nitrogens with one attached hydrogen (secondary N) is 1. The van der Waals surface area contributed by atoms with E-state index in [2.05, 4.69) is 9.37 Å². The first-order valence-electron chi connectivity index (χ1n) is 4.15. The highest BCUT2D eigenvalue weighted by molar-refractivity contribution is 7.09. The Bertz CT molecular complexity index is 649. The van der Waals surface area contributed by atoms with Crippen molar-refractivity contribution in [1.29, 1.82) is 0 Å². The van der Waals surface area contributed by atoms with Crippen molar-refractivity contribution in [3.8, 4) is 0 Å². The minimum atomic E-state index is -0.508. The van der Waals surface area contributed by atoms with Gasteiger partial charge >= 0.3 is 0 Å². The first-order valence-corrected chi connectivity index (χ1v) is 6.23. The van der Waals surface area contributed by atoms with Crippen molar-refractivity contribution in [3.63, 3.8) is 0 Å². The monoisotopic (exact) mass is 275 g/mol. The van der Waals surface area contributed by atoms with Gasteiger partial charge in [-0.15, -0.1) is 11.3 Å². The Morgan fingerprint density at radius 2 is 2.38 bits per heavy atom. The van der Waals surface area contributed by atoms with Gasteiger partial charge < -0.3 is 4.57 Å². The van der Waals surface area contributed by atoms with Crippen molar-refractivity contribution in [2.75, 3.05) is 0 Å². The molecule has 0 saturated carbocycles. The van der Waals surface area contributed by atoms with Crippen LogP contribution in [0.3, 0.4) is 0 Å². The van der Waals surface area contributed by atoms with E-state index < -0.39 is 11.5 Å². The Balaban J connectivity index is 2.46. The molecule has 0 bridgehead atoms. The van der Waals surface area contributed by atoms with Crippen LogP contribution in [-0.4, -0.2) is 14.8 Å². The number of halogens is 1. The fourth-order valence-electron chi connectivity index (χ4n) is 1.000. The summed E-state index contributed by atoms with van der Waals surface area (Å²) in [5.74, 6) is -0.508. The minimum Gasteiger partial charge on any atom is -0.327 e. The van der Waals surface area contributed by atoms with Crippen molar-refractivity contribution in [3.05, 3.63) is 36.6 Å². The Kier molecular flexibility index (Phi) is 3.08. The number of rotatable bonds is 1. The zero-order valence-electron chi connectivity index (χ0n) is 8.06. The minimum absolute atomic E-state index is 0.0991. The molecule has 2 aromatic rings. The SMILES string of the molecule is Cn1ccsc1=NC(=O)c1s[nH]c(=O)c1Cl. The maximum Gasteiger partial charge on any atom is 0.292 e. The molecule has 2 rings (SSSR count). The molecule has 2 aromatic heterocycles. The standard InChI is InChI=1S/C8H6ClN3O2S2/c1-12-2-3-15-8(12)10-7(14)5-4(9)6(13)11-16-5/h2-3H,1H3,(H,11,13). The summed E-state index contributed by atoms with van der Waals surface area (Å²) in [5, 5.41) is 1.71. The number of aromatic nitrogens is 2. The van der Waals surface area contributed by atoms with Gasteiger partial charge in [0.1, 0.15) is 9.90 Å². The number of carbonyl (C=O) groups is 1. The van der Waals surface area contributed by atoms with Gasteiger partial charge in [0.25, 0.3) is 11.5 Å². The molecule has 5 nitrogen and oxygen atoms in total. The summed E-state index contributed by atoms with van der Waals surface area (Å²) in [6.45, 7) is 0. The highest BCUT2D eigenvalue weighted by Crippen LogP contribution is 2.15. The predicted octanol–water partition coefficient (Wildman–Crippen LogP) is 1.23. The van der Waals surface area contributed by atoms with Gasteiger partial charge in [-0.3, -0.25) is 14.0 Å². The largest absolute Gasteiger partial charge is 0.327 e. The van der Waals surface area contributed by atoms with E-state index in [1.165, 1.54) is 11.3 Å². The lowest BCUT2D eigenvalue weighted by molar-refractivity contribution is 0.100. The van der Waals surface area contributed by atoms with Crippen LogP contribution < -0.4 is 10.4 Å². The third kappa shape index (κ3) is 2.01. The Hall–Kier alpha value is -1.18. The summed E-state index contributed by atoms with van der Waals surface area (Å²) >= 11 is 7.89. The van der Waals surface area contributed by atoms with Crippen LogP contribution in [0.4, 0.5) is 0 Å². The van der Waals surface area contributed by atoms with E-state index in [0.29, 0.717) is 4.80 Å². The molecule has 1 amide bonds. The summed E-state index contributed by atoms with van der Waals surface area (Å²) in [7, 11) is 1.78. The van der Waals surface area contributed by atoms with Gasteiger partial charge in [0.2, 0.25) is 0 Å². The number of hydrogen-bond acceptors (Lipinski definition) is 4. The van der Waals surface area contributed by atoms with Crippen molar-refractivity contribution in [1.82, 2.24) is 8.94 Å². The highest BCUT2D eigenvalue weighted by Gasteiger charge is 2.15. The van der Waals surface area contributed by atoms with Gasteiger partial charge in [-0.05, 0) is 0 Å². The molecule has 0 fully saturated rings. The summed E-state index contributed by atoms with van der Waals surface area (Å²) in [6.07, 6.45) is 1.79. The third-order valence-electron chi connectivity index (χ3n) is 1.80. The molecule has 0 aliphatic carbocycles. The molecule has 0 aliphatic heterocycles. The molecule has 0 unspecified atom stereocenters. The maximum atomic E-state index is 11.7. The lowest BCUT2D eigenvalue weighted by Gasteiger charge is -1.90. The summed E-state index contributed by atoms with van der Waals surface area (Å²) in [5.41, 5.74) is -0.458. The van der Waals surface area contributed by atoms with Crippen LogP contribution in [0.15, 0.2) is 21.4 Å². The van der Waals surface area contributed by atoms with E-state index in [0.717, 1.165) is 11.5 Å². The molecular formula is C8H6ClN3O2S2. The van der Waals surface area contributed by atoms with Gasteiger partial charge in [-0.2, -0.15) is 4.99 Å². The Morgan fingerprint density at radius 1 is 1.62 bits per heavy atom. The fraction of sp³-hybridized carbons (Fsp3) is 0.125. The second kappa shape index (κ2) is 4.36. The summed E-state index contributed by atoms with van der Waals surface area (Å²) in [6, 6.07) is 0. The van der Waals surface area contributed by atoms with Crippen LogP contribution in [0.25, 0.3) is 0 Å². The third-order valence-corrected chi connectivity index (χ3v) is 3.99. The summed E-state index contributed by atoms with van der Waals surface area (Å²) < 4.78 is 4.10. The number of thiazole rings is 1. The van der Waals surface area contributed by atoms with Crippen LogP contribution in [0.2, 0.25) is 5.02 Å². The maximum absolute atomic E-state index is 11.7. The number of amides is 1. The molecule has 84 valence electrons. The molecule has 0 atom stereocenters. The van der Waals surface area contributed by atoms with Crippen LogP contribution >= 0.6 is 34.5 Å². The zero-order chi connectivity index (χ0) is 11.7. The molecule has 0 aromatic carbocycles. The predicted molar refractivity (Wildman–Crippen MR) is 63.1 cm³/mol. The molecule has 0 aliphatic rings. The zero-order valence-corrected chi connectivity index (χ0v) is 10.4. The van der Waals surface area contributed by atoms with Crippen molar-refractivity contribution in [2.45, 2.75) is 0 Å². The summed E-state index contributed by atoms with van der Waals surface area (Å²) in [4.78, 5) is 27.3. The van der Waals surface area contributed by atoms with Gasteiger partial charge in [0, 0.05) is 18.6 Å². The molecule has 2 heterocycles. The molecule has 0 saturated heterocycles. The second-order valence-electron chi connectivity index (χ2n) is 2.89. The van der Waals surface area contributed by atoms with E-state index in [-0.39, 0.29) is 9.90 Å². The first kappa shape index (κ1) is 11.3. The van der Waals surface area contributed by atoms with Crippen LogP contribution in [-0.2, 0) is 7.05 Å². The fourth-order valence-corrected chi connectivity index (χ4v) is 2.64. The van der Waals surface area contributed by atoms with E-state index >= 15 is 0 Å². The number of aryl methyl sites for hydroxylation is 1. The second-order valence-corrected chi connectivity index (χ2v) is 4.96. The first-order chi connectivity index (χ1) is 7.59. The van der Waals surface area contributed by atoms with E-state index in [1.807, 2.05) is 5.38 Å². The number of nitrogens with zero attached hydrogens (tertiary/aromatic N) is 2. The van der Waals surface area contributed by atoms with Crippen LogP contribution in [0, 0.1) is 0 Å². The molecule has 0 spiro atoms. The number of hydrogen-bond donors (Lipinski definition) is 1. The molecule has 8 heteroatoms. The Labute approximate surface area is 103 Å². The van der Waals surface area contributed by atoms with Gasteiger partial charge in [-0.1, -0.05) is 23.1 Å². The number of aromatic amines is 1. The van der Waals surface area contributed by atoms with E-state index in [9.17, 15) is 9.59 Å². The lowest BCUT2D eigenvalue weighted by atomic mass is 10.5. The van der Waals surface area contributed by atoms with Gasteiger partial charge in [0.15, 0.2) is 4.80 Å². The van der Waals surface area contributed by atoms with Gasteiger partial charge in [-0.25, -0.2) is 0 Å². The quantitative estimate of drug-likeness (QED) is 0.851. The van der Waals surface area contributed by atoms with Crippen LogP contribution in [0.5, 0.6) is 0 Å². The molecule has 16 heavy (non-hydrogen) atoms.